The Bertz CT molecular complexity index is 1750. The lowest BCUT2D eigenvalue weighted by Gasteiger charge is -2.09. The molecule has 6 nitrogen and oxygen atoms in total. The van der Waals surface area contributed by atoms with Gasteiger partial charge in [0.15, 0.2) is 0 Å². The van der Waals surface area contributed by atoms with Gasteiger partial charge in [-0.05, 0) is 84.6 Å². The third-order valence-electron chi connectivity index (χ3n) is 6.11. The fraction of sp³-hybridized carbons (Fsp3) is 0.0909. The molecule has 0 unspecified atom stereocenters. The Morgan fingerprint density at radius 2 is 1.62 bits per heavy atom. The second kappa shape index (κ2) is 11.9. The van der Waals surface area contributed by atoms with Crippen molar-refractivity contribution in [2.45, 2.75) is 20.5 Å². The molecule has 200 valence electrons. The predicted octanol–water partition coefficient (Wildman–Crippen LogP) is 8.05. The quantitative estimate of drug-likeness (QED) is 0.110. The Hall–Kier alpha value is -4.81. The molecule has 1 heterocycles. The zero-order valence-electron chi connectivity index (χ0n) is 21.8. The largest absolute Gasteiger partial charge is 0.489 e. The Labute approximate surface area is 236 Å². The van der Waals surface area contributed by atoms with Crippen LogP contribution in [-0.2, 0) is 11.4 Å². The Kier molecular flexibility index (Phi) is 7.99. The Morgan fingerprint density at radius 1 is 0.875 bits per heavy atom. The molecule has 0 N–H and O–H groups in total. The van der Waals surface area contributed by atoms with E-state index >= 15 is 0 Å². The van der Waals surface area contributed by atoms with Gasteiger partial charge in [-0.15, -0.1) is 0 Å². The number of hydrogen-bond donors (Lipinski definition) is 0. The third kappa shape index (κ3) is 6.60. The smallest absolute Gasteiger partial charge is 0.336 e. The number of halogens is 1. The van der Waals surface area contributed by atoms with Crippen LogP contribution in [0, 0.1) is 13.8 Å². The van der Waals surface area contributed by atoms with E-state index in [1.54, 1.807) is 18.2 Å². The number of esters is 1. The van der Waals surface area contributed by atoms with Gasteiger partial charge in [0.2, 0.25) is 11.2 Å². The SMILES string of the molecule is Cc1ccc(C)c(Oc2coc3cc(OC(=O)C=Cc4ccc(OCc5ccc(Cl)cc5)cc4)ccc3c2=O)c1. The Balaban J connectivity index is 1.20. The number of benzene rings is 4. The topological polar surface area (TPSA) is 75.0 Å². The minimum atomic E-state index is -0.570. The van der Waals surface area contributed by atoms with Crippen LogP contribution in [0.4, 0.5) is 0 Å². The van der Waals surface area contributed by atoms with Crippen LogP contribution in [0.25, 0.3) is 17.0 Å². The number of hydrogen-bond acceptors (Lipinski definition) is 6. The highest BCUT2D eigenvalue weighted by Crippen LogP contribution is 2.27. The molecule has 40 heavy (non-hydrogen) atoms. The van der Waals surface area contributed by atoms with Crippen LogP contribution in [0.15, 0.2) is 106 Å². The number of carbonyl (C=O) groups is 1. The van der Waals surface area contributed by atoms with Gasteiger partial charge in [-0.2, -0.15) is 0 Å². The lowest BCUT2D eigenvalue weighted by Crippen LogP contribution is -2.07. The van der Waals surface area contributed by atoms with E-state index in [1.807, 2.05) is 80.6 Å². The minimum Gasteiger partial charge on any atom is -0.489 e. The highest BCUT2D eigenvalue weighted by atomic mass is 35.5. The summed E-state index contributed by atoms with van der Waals surface area (Å²) >= 11 is 5.91. The maximum atomic E-state index is 13.0. The standard InChI is InChI=1S/C33H25ClO6/c1-21-3-4-22(2)29(17-21)40-31-20-38-30-18-27(14-15-28(30)33(31)36)39-32(35)16-9-23-7-12-26(13-8-23)37-19-24-5-10-25(34)11-6-24/h3-18,20H,19H2,1-2H3. The summed E-state index contributed by atoms with van der Waals surface area (Å²) in [5, 5.41) is 0.996. The van der Waals surface area contributed by atoms with E-state index in [1.165, 1.54) is 18.4 Å². The summed E-state index contributed by atoms with van der Waals surface area (Å²) in [4.78, 5) is 25.4. The average Bonchev–Trinajstić information content (AvgIpc) is 2.95. The molecule has 0 bridgehead atoms. The molecule has 0 fully saturated rings. The maximum Gasteiger partial charge on any atom is 0.336 e. The summed E-state index contributed by atoms with van der Waals surface area (Å²) in [6.45, 7) is 4.27. The van der Waals surface area contributed by atoms with Crippen molar-refractivity contribution in [1.82, 2.24) is 0 Å². The van der Waals surface area contributed by atoms with Gasteiger partial charge < -0.3 is 18.6 Å². The van der Waals surface area contributed by atoms with Crippen molar-refractivity contribution in [3.63, 3.8) is 0 Å². The molecule has 0 radical (unpaired) electrons. The van der Waals surface area contributed by atoms with Gasteiger partial charge in [0.25, 0.3) is 0 Å². The Morgan fingerprint density at radius 3 is 2.40 bits per heavy atom. The zero-order valence-corrected chi connectivity index (χ0v) is 22.6. The van der Waals surface area contributed by atoms with Crippen LogP contribution in [0.3, 0.4) is 0 Å². The van der Waals surface area contributed by atoms with Crippen LogP contribution in [0.2, 0.25) is 5.02 Å². The fourth-order valence-corrected chi connectivity index (χ4v) is 4.02. The first-order chi connectivity index (χ1) is 19.3. The van der Waals surface area contributed by atoms with E-state index in [-0.39, 0.29) is 22.5 Å². The highest BCUT2D eigenvalue weighted by Gasteiger charge is 2.12. The fourth-order valence-electron chi connectivity index (χ4n) is 3.90. The molecule has 0 aliphatic heterocycles. The number of rotatable bonds is 8. The molecule has 0 amide bonds. The molecule has 0 aliphatic carbocycles. The molecule has 0 saturated heterocycles. The van der Waals surface area contributed by atoms with E-state index in [0.29, 0.717) is 28.5 Å². The van der Waals surface area contributed by atoms with Gasteiger partial charge in [-0.1, -0.05) is 48.0 Å². The molecule has 7 heteroatoms. The molecular formula is C33H25ClO6. The first-order valence-electron chi connectivity index (χ1n) is 12.5. The lowest BCUT2D eigenvalue weighted by molar-refractivity contribution is -0.128. The van der Waals surface area contributed by atoms with E-state index in [4.69, 9.17) is 30.2 Å². The molecule has 4 aromatic carbocycles. The molecule has 0 atom stereocenters. The van der Waals surface area contributed by atoms with Crippen molar-refractivity contribution in [3.8, 4) is 23.0 Å². The summed E-state index contributed by atoms with van der Waals surface area (Å²) in [7, 11) is 0. The highest BCUT2D eigenvalue weighted by molar-refractivity contribution is 6.30. The second-order valence-electron chi connectivity index (χ2n) is 9.20. The third-order valence-corrected chi connectivity index (χ3v) is 6.36. The molecule has 0 aliphatic rings. The van der Waals surface area contributed by atoms with Crippen LogP contribution in [0.5, 0.6) is 23.0 Å². The summed E-state index contributed by atoms with van der Waals surface area (Å²) in [6.07, 6.45) is 4.23. The lowest BCUT2D eigenvalue weighted by atomic mass is 10.1. The molecule has 5 rings (SSSR count). The number of fused-ring (bicyclic) bond motifs is 1. The van der Waals surface area contributed by atoms with Crippen molar-refractivity contribution >= 4 is 34.6 Å². The van der Waals surface area contributed by atoms with Crippen LogP contribution >= 0.6 is 11.6 Å². The van der Waals surface area contributed by atoms with Crippen molar-refractivity contribution in [2.24, 2.45) is 0 Å². The van der Waals surface area contributed by atoms with Gasteiger partial charge in [0.05, 0.1) is 5.39 Å². The molecule has 0 saturated carbocycles. The first-order valence-corrected chi connectivity index (χ1v) is 12.9. The van der Waals surface area contributed by atoms with Gasteiger partial charge in [-0.25, -0.2) is 4.79 Å². The molecule has 5 aromatic rings. The van der Waals surface area contributed by atoms with E-state index in [2.05, 4.69) is 0 Å². The van der Waals surface area contributed by atoms with Gasteiger partial charge in [0, 0.05) is 17.2 Å². The van der Waals surface area contributed by atoms with Crippen molar-refractivity contribution in [3.05, 3.63) is 135 Å². The maximum absolute atomic E-state index is 13.0. The van der Waals surface area contributed by atoms with Gasteiger partial charge in [0.1, 0.15) is 35.7 Å². The minimum absolute atomic E-state index is 0.0790. The number of aryl methyl sites for hydroxylation is 2. The zero-order chi connectivity index (χ0) is 28.1. The predicted molar refractivity (Wildman–Crippen MR) is 155 cm³/mol. The van der Waals surface area contributed by atoms with Crippen LogP contribution in [-0.4, -0.2) is 5.97 Å². The normalized spacial score (nSPS) is 11.1. The van der Waals surface area contributed by atoms with E-state index in [9.17, 15) is 9.59 Å². The average molecular weight is 553 g/mol. The molecule has 1 aromatic heterocycles. The summed E-state index contributed by atoms with van der Waals surface area (Å²) < 4.78 is 22.6. The van der Waals surface area contributed by atoms with E-state index < -0.39 is 5.97 Å². The van der Waals surface area contributed by atoms with Gasteiger partial charge in [-0.3, -0.25) is 4.79 Å². The summed E-state index contributed by atoms with van der Waals surface area (Å²) in [5.41, 5.74) is 3.69. The summed E-state index contributed by atoms with van der Waals surface area (Å²) in [5.74, 6) is 1.05. The molecule has 0 spiro atoms. The van der Waals surface area contributed by atoms with Crippen molar-refractivity contribution in [2.75, 3.05) is 0 Å². The summed E-state index contributed by atoms with van der Waals surface area (Å²) in [6, 6.07) is 25.1. The molecular weight excluding hydrogens is 528 g/mol. The first kappa shape index (κ1) is 26.8. The monoisotopic (exact) mass is 552 g/mol. The van der Waals surface area contributed by atoms with E-state index in [0.717, 1.165) is 22.3 Å². The number of carbonyl (C=O) groups excluding carboxylic acids is 1. The van der Waals surface area contributed by atoms with Crippen LogP contribution in [0.1, 0.15) is 22.3 Å². The second-order valence-corrected chi connectivity index (χ2v) is 9.63. The van der Waals surface area contributed by atoms with Crippen LogP contribution < -0.4 is 19.6 Å². The number of ether oxygens (including phenoxy) is 3. The van der Waals surface area contributed by atoms with Gasteiger partial charge >= 0.3 is 5.97 Å². The van der Waals surface area contributed by atoms with Crippen molar-refractivity contribution in [1.29, 1.82) is 0 Å². The van der Waals surface area contributed by atoms with Crippen molar-refractivity contribution < 1.29 is 23.4 Å².